The third-order valence-corrected chi connectivity index (χ3v) is 4.84. The van der Waals surface area contributed by atoms with Gasteiger partial charge in [-0.25, -0.2) is 0 Å². The number of benzene rings is 1. The van der Waals surface area contributed by atoms with Gasteiger partial charge in [0, 0.05) is 24.9 Å². The van der Waals surface area contributed by atoms with E-state index >= 15 is 0 Å². The van der Waals surface area contributed by atoms with Crippen LogP contribution in [-0.4, -0.2) is 25.5 Å². The number of para-hydroxylation sites is 1. The topological polar surface area (TPSA) is 72.2 Å². The second-order valence-electron chi connectivity index (χ2n) is 7.30. The summed E-state index contributed by atoms with van der Waals surface area (Å²) in [4.78, 5) is 0. The lowest BCUT2D eigenvalue weighted by molar-refractivity contribution is 0.0122. The Morgan fingerprint density at radius 3 is 3.08 bits per heavy atom. The minimum atomic E-state index is -0.494. The minimum Gasteiger partial charge on any atom is -0.485 e. The number of aromatic nitrogens is 3. The summed E-state index contributed by atoms with van der Waals surface area (Å²) in [5.74, 6) is 2.79. The number of nitrogens with zero attached hydrogens (tertiary/aromatic N) is 3. The predicted octanol–water partition coefficient (Wildman–Crippen LogP) is 2.82. The molecule has 128 valence electrons. The monoisotopic (exact) mass is 328 g/mol. The van der Waals surface area contributed by atoms with Crippen molar-refractivity contribution in [1.82, 2.24) is 14.8 Å². The molecule has 0 aliphatic carbocycles. The average Bonchev–Trinajstić information content (AvgIpc) is 2.95. The summed E-state index contributed by atoms with van der Waals surface area (Å²) in [6, 6.07) is 5.87. The smallest absolute Gasteiger partial charge is 0.152 e. The van der Waals surface area contributed by atoms with Gasteiger partial charge in [-0.2, -0.15) is 0 Å². The SMILES string of the molecule is CC1(C)CC(O)c2cccc(NCc3nnc4n3CCCC4)c2O1. The molecule has 1 aromatic heterocycles. The zero-order valence-corrected chi connectivity index (χ0v) is 14.2. The first-order valence-corrected chi connectivity index (χ1v) is 8.68. The Labute approximate surface area is 141 Å². The van der Waals surface area contributed by atoms with Crippen LogP contribution in [0.5, 0.6) is 5.75 Å². The van der Waals surface area contributed by atoms with Gasteiger partial charge in [0.15, 0.2) is 5.82 Å². The van der Waals surface area contributed by atoms with Crippen molar-refractivity contribution >= 4 is 5.69 Å². The number of rotatable bonds is 3. The van der Waals surface area contributed by atoms with Gasteiger partial charge in [0.25, 0.3) is 0 Å². The highest BCUT2D eigenvalue weighted by molar-refractivity contribution is 5.61. The number of aliphatic hydroxyl groups excluding tert-OH is 1. The van der Waals surface area contributed by atoms with Crippen molar-refractivity contribution < 1.29 is 9.84 Å². The largest absolute Gasteiger partial charge is 0.485 e. The van der Waals surface area contributed by atoms with Gasteiger partial charge in [-0.15, -0.1) is 10.2 Å². The number of anilines is 1. The molecule has 6 nitrogen and oxygen atoms in total. The van der Waals surface area contributed by atoms with E-state index in [1.807, 2.05) is 32.0 Å². The van der Waals surface area contributed by atoms with Crippen LogP contribution in [0.15, 0.2) is 18.2 Å². The minimum absolute atomic E-state index is 0.377. The van der Waals surface area contributed by atoms with Gasteiger partial charge < -0.3 is 19.7 Å². The summed E-state index contributed by atoms with van der Waals surface area (Å²) in [6.07, 6.45) is 3.49. The molecule has 2 aliphatic heterocycles. The van der Waals surface area contributed by atoms with Crippen molar-refractivity contribution in [3.8, 4) is 5.75 Å². The molecule has 0 saturated heterocycles. The van der Waals surface area contributed by atoms with E-state index in [-0.39, 0.29) is 5.60 Å². The Morgan fingerprint density at radius 1 is 1.33 bits per heavy atom. The second kappa shape index (κ2) is 5.77. The standard InChI is InChI=1S/C18H24N4O2/c1-18(2)10-14(23)12-6-5-7-13(17(12)24-18)19-11-16-21-20-15-8-3-4-9-22(15)16/h5-7,14,19,23H,3-4,8-11H2,1-2H3. The van der Waals surface area contributed by atoms with Gasteiger partial charge in [0.05, 0.1) is 18.3 Å². The second-order valence-corrected chi connectivity index (χ2v) is 7.30. The van der Waals surface area contributed by atoms with Crippen LogP contribution in [0.2, 0.25) is 0 Å². The van der Waals surface area contributed by atoms with Crippen molar-refractivity contribution in [2.45, 2.75) is 64.3 Å². The lowest BCUT2D eigenvalue weighted by Crippen LogP contribution is -2.35. The number of nitrogens with one attached hydrogen (secondary N) is 1. The fourth-order valence-electron chi connectivity index (χ4n) is 3.64. The van der Waals surface area contributed by atoms with Crippen LogP contribution in [0.1, 0.15) is 56.4 Å². The van der Waals surface area contributed by atoms with Gasteiger partial charge in [-0.3, -0.25) is 0 Å². The zero-order chi connectivity index (χ0) is 16.7. The van der Waals surface area contributed by atoms with Crippen molar-refractivity contribution in [2.24, 2.45) is 0 Å². The van der Waals surface area contributed by atoms with Gasteiger partial charge in [-0.1, -0.05) is 12.1 Å². The van der Waals surface area contributed by atoms with Crippen LogP contribution in [0.4, 0.5) is 5.69 Å². The predicted molar refractivity (Wildman–Crippen MR) is 91.0 cm³/mol. The van der Waals surface area contributed by atoms with E-state index in [0.717, 1.165) is 41.6 Å². The molecule has 4 rings (SSSR count). The Morgan fingerprint density at radius 2 is 2.21 bits per heavy atom. The summed E-state index contributed by atoms with van der Waals surface area (Å²) < 4.78 is 8.35. The normalized spacial score (nSPS) is 21.5. The van der Waals surface area contributed by atoms with E-state index < -0.39 is 6.10 Å². The molecular weight excluding hydrogens is 304 g/mol. The molecule has 1 unspecified atom stereocenters. The number of aliphatic hydroxyl groups is 1. The molecule has 6 heteroatoms. The first kappa shape index (κ1) is 15.4. The molecule has 1 atom stereocenters. The van der Waals surface area contributed by atoms with Gasteiger partial charge in [-0.05, 0) is 32.8 Å². The van der Waals surface area contributed by atoms with Crippen molar-refractivity contribution in [3.05, 3.63) is 35.4 Å². The van der Waals surface area contributed by atoms with Gasteiger partial charge in [0.1, 0.15) is 17.2 Å². The van der Waals surface area contributed by atoms with E-state index in [1.165, 1.54) is 12.8 Å². The highest BCUT2D eigenvalue weighted by Gasteiger charge is 2.34. The van der Waals surface area contributed by atoms with Crippen LogP contribution in [0.3, 0.4) is 0 Å². The average molecular weight is 328 g/mol. The van der Waals surface area contributed by atoms with E-state index in [9.17, 15) is 5.11 Å². The molecule has 0 bridgehead atoms. The zero-order valence-electron chi connectivity index (χ0n) is 14.2. The first-order valence-electron chi connectivity index (χ1n) is 8.68. The quantitative estimate of drug-likeness (QED) is 0.906. The van der Waals surface area contributed by atoms with Gasteiger partial charge in [0.2, 0.25) is 0 Å². The molecular formula is C18H24N4O2. The van der Waals surface area contributed by atoms with E-state index in [1.54, 1.807) is 0 Å². The maximum absolute atomic E-state index is 10.4. The number of ether oxygens (including phenoxy) is 1. The maximum atomic E-state index is 10.4. The molecule has 1 aromatic carbocycles. The molecule has 0 spiro atoms. The van der Waals surface area contributed by atoms with Crippen LogP contribution in [-0.2, 0) is 19.5 Å². The fraction of sp³-hybridized carbons (Fsp3) is 0.556. The lowest BCUT2D eigenvalue weighted by atomic mass is 9.91. The highest BCUT2D eigenvalue weighted by atomic mass is 16.5. The van der Waals surface area contributed by atoms with E-state index in [0.29, 0.717) is 13.0 Å². The molecule has 0 amide bonds. The molecule has 2 N–H and O–H groups in total. The summed E-state index contributed by atoms with van der Waals surface area (Å²) >= 11 is 0. The molecule has 2 aromatic rings. The van der Waals surface area contributed by atoms with E-state index in [2.05, 4.69) is 20.1 Å². The molecule has 24 heavy (non-hydrogen) atoms. The van der Waals surface area contributed by atoms with Gasteiger partial charge >= 0.3 is 0 Å². The Bertz CT molecular complexity index is 753. The summed E-state index contributed by atoms with van der Waals surface area (Å²) in [5, 5.41) is 22.4. The molecule has 2 aliphatic rings. The molecule has 0 saturated carbocycles. The Hall–Kier alpha value is -2.08. The number of aryl methyl sites for hydroxylation is 1. The number of hydrogen-bond acceptors (Lipinski definition) is 5. The Balaban J connectivity index is 1.58. The highest BCUT2D eigenvalue weighted by Crippen LogP contribution is 2.43. The van der Waals surface area contributed by atoms with Crippen LogP contribution < -0.4 is 10.1 Å². The number of fused-ring (bicyclic) bond motifs is 2. The summed E-state index contributed by atoms with van der Waals surface area (Å²) in [5.41, 5.74) is 1.37. The molecule has 0 radical (unpaired) electrons. The van der Waals surface area contributed by atoms with Crippen LogP contribution in [0, 0.1) is 0 Å². The van der Waals surface area contributed by atoms with Crippen LogP contribution in [0.25, 0.3) is 0 Å². The maximum Gasteiger partial charge on any atom is 0.152 e. The van der Waals surface area contributed by atoms with Crippen LogP contribution >= 0.6 is 0 Å². The van der Waals surface area contributed by atoms with Crippen molar-refractivity contribution in [1.29, 1.82) is 0 Å². The Kier molecular flexibility index (Phi) is 3.72. The molecule has 3 heterocycles. The third kappa shape index (κ3) is 2.75. The van der Waals surface area contributed by atoms with E-state index in [4.69, 9.17) is 4.74 Å². The number of hydrogen-bond donors (Lipinski definition) is 2. The summed E-state index contributed by atoms with van der Waals surface area (Å²) in [6.45, 7) is 5.60. The van der Waals surface area contributed by atoms with Crippen molar-refractivity contribution in [3.63, 3.8) is 0 Å². The van der Waals surface area contributed by atoms with Crippen molar-refractivity contribution in [2.75, 3.05) is 5.32 Å². The fourth-order valence-corrected chi connectivity index (χ4v) is 3.64. The lowest BCUT2D eigenvalue weighted by Gasteiger charge is -2.36. The third-order valence-electron chi connectivity index (χ3n) is 4.84. The molecule has 0 fully saturated rings. The summed E-state index contributed by atoms with van der Waals surface area (Å²) in [7, 11) is 0. The first-order chi connectivity index (χ1) is 11.5.